The van der Waals surface area contributed by atoms with E-state index in [0.29, 0.717) is 25.9 Å². The maximum absolute atomic E-state index is 12.1. The van der Waals surface area contributed by atoms with Gasteiger partial charge >= 0.3 is 6.09 Å². The lowest BCUT2D eigenvalue weighted by atomic mass is 10.1. The number of hydrogen-bond donors (Lipinski definition) is 3. The minimum absolute atomic E-state index is 0.0751. The van der Waals surface area contributed by atoms with E-state index >= 15 is 0 Å². The zero-order valence-electron chi connectivity index (χ0n) is 15.0. The monoisotopic (exact) mass is 397 g/mol. The third-order valence-corrected chi connectivity index (χ3v) is 5.46. The number of sulfonamides is 1. The number of ether oxygens (including phenoxy) is 1. The van der Waals surface area contributed by atoms with E-state index in [1.807, 2.05) is 0 Å². The van der Waals surface area contributed by atoms with E-state index < -0.39 is 22.2 Å². The average Bonchev–Trinajstić information content (AvgIpc) is 2.86. The molecule has 1 heterocycles. The molecule has 9 nitrogen and oxygen atoms in total. The van der Waals surface area contributed by atoms with Crippen LogP contribution in [0, 0.1) is 0 Å². The molecule has 148 valence electrons. The van der Waals surface area contributed by atoms with Crippen molar-refractivity contribution in [3.63, 3.8) is 0 Å². The lowest BCUT2D eigenvalue weighted by Crippen LogP contribution is -2.48. The summed E-state index contributed by atoms with van der Waals surface area (Å²) < 4.78 is 29.9. The normalized spacial score (nSPS) is 17.7. The summed E-state index contributed by atoms with van der Waals surface area (Å²) in [6, 6.07) is 5.10. The molecule has 0 saturated carbocycles. The zero-order chi connectivity index (χ0) is 19.9. The molecule has 0 radical (unpaired) electrons. The van der Waals surface area contributed by atoms with Crippen LogP contribution in [0.2, 0.25) is 0 Å². The first-order chi connectivity index (χ1) is 12.8. The molecule has 1 aliphatic rings. The SMILES string of the molecule is COC(=O)NS(=O)(=O)c1ccc(CCNC(=O)C2NCCCCC2=O)cc1. The van der Waals surface area contributed by atoms with Crippen molar-refractivity contribution in [2.24, 2.45) is 0 Å². The van der Waals surface area contributed by atoms with Crippen LogP contribution in [0.1, 0.15) is 24.8 Å². The molecule has 1 unspecified atom stereocenters. The molecule has 1 aromatic carbocycles. The van der Waals surface area contributed by atoms with Crippen molar-refractivity contribution in [3.8, 4) is 0 Å². The van der Waals surface area contributed by atoms with Gasteiger partial charge in [0.2, 0.25) is 5.91 Å². The summed E-state index contributed by atoms with van der Waals surface area (Å²) in [5.41, 5.74) is 0.799. The van der Waals surface area contributed by atoms with E-state index in [1.165, 1.54) is 12.1 Å². The summed E-state index contributed by atoms with van der Waals surface area (Å²) in [5.74, 6) is -0.443. The Morgan fingerprint density at radius 3 is 2.59 bits per heavy atom. The van der Waals surface area contributed by atoms with Crippen molar-refractivity contribution in [3.05, 3.63) is 29.8 Å². The van der Waals surface area contributed by atoms with E-state index in [2.05, 4.69) is 15.4 Å². The van der Waals surface area contributed by atoms with Crippen molar-refractivity contribution >= 4 is 27.8 Å². The fourth-order valence-corrected chi connectivity index (χ4v) is 3.56. The third-order valence-electron chi connectivity index (χ3n) is 4.13. The van der Waals surface area contributed by atoms with Gasteiger partial charge in [0.25, 0.3) is 10.0 Å². The third kappa shape index (κ3) is 6.04. The van der Waals surface area contributed by atoms with Crippen molar-refractivity contribution in [1.82, 2.24) is 15.4 Å². The van der Waals surface area contributed by atoms with Gasteiger partial charge < -0.3 is 10.1 Å². The Bertz CT molecular complexity index is 791. The van der Waals surface area contributed by atoms with E-state index in [-0.39, 0.29) is 16.6 Å². The van der Waals surface area contributed by atoms with Crippen molar-refractivity contribution < 1.29 is 27.5 Å². The van der Waals surface area contributed by atoms with Gasteiger partial charge in [-0.3, -0.25) is 14.9 Å². The number of nitrogens with one attached hydrogen (secondary N) is 3. The van der Waals surface area contributed by atoms with Crippen LogP contribution in [0.4, 0.5) is 4.79 Å². The molecule has 10 heteroatoms. The molecule has 1 aliphatic heterocycles. The van der Waals surface area contributed by atoms with Gasteiger partial charge in [0.15, 0.2) is 5.78 Å². The first kappa shape index (κ1) is 20.8. The van der Waals surface area contributed by atoms with Crippen LogP contribution in [0.25, 0.3) is 0 Å². The highest BCUT2D eigenvalue weighted by molar-refractivity contribution is 7.90. The summed E-state index contributed by atoms with van der Waals surface area (Å²) in [6.07, 6.45) is 1.46. The number of hydrogen-bond acceptors (Lipinski definition) is 7. The van der Waals surface area contributed by atoms with Crippen LogP contribution in [0.5, 0.6) is 0 Å². The molecule has 1 saturated heterocycles. The minimum atomic E-state index is -3.99. The number of rotatable bonds is 6. The van der Waals surface area contributed by atoms with Gasteiger partial charge in [0.05, 0.1) is 12.0 Å². The van der Waals surface area contributed by atoms with Crippen LogP contribution in [-0.4, -0.2) is 52.4 Å². The number of benzene rings is 1. The van der Waals surface area contributed by atoms with Crippen LogP contribution >= 0.6 is 0 Å². The van der Waals surface area contributed by atoms with Gasteiger partial charge in [-0.05, 0) is 43.5 Å². The summed E-state index contributed by atoms with van der Waals surface area (Å²) in [4.78, 5) is 35.0. The lowest BCUT2D eigenvalue weighted by Gasteiger charge is -2.14. The van der Waals surface area contributed by atoms with E-state index in [9.17, 15) is 22.8 Å². The second kappa shape index (κ2) is 9.47. The number of ketones is 1. The molecule has 1 aromatic rings. The van der Waals surface area contributed by atoms with E-state index in [1.54, 1.807) is 16.9 Å². The maximum Gasteiger partial charge on any atom is 0.420 e. The predicted octanol–water partition coefficient (Wildman–Crippen LogP) is 0.101. The zero-order valence-corrected chi connectivity index (χ0v) is 15.8. The highest BCUT2D eigenvalue weighted by Gasteiger charge is 2.26. The molecule has 3 N–H and O–H groups in total. The summed E-state index contributed by atoms with van der Waals surface area (Å²) in [5, 5.41) is 5.67. The standard InChI is InChI=1S/C17H23N3O6S/c1-26-17(23)20-27(24,25)13-7-5-12(6-8-13)9-11-19-16(22)15-14(21)4-2-3-10-18-15/h5-8,15,18H,2-4,9-11H2,1H3,(H,19,22)(H,20,23). The molecule has 0 spiro atoms. The molecule has 0 aliphatic carbocycles. The molecule has 27 heavy (non-hydrogen) atoms. The molecule has 2 rings (SSSR count). The topological polar surface area (TPSA) is 131 Å². The van der Waals surface area contributed by atoms with Gasteiger partial charge in [0.1, 0.15) is 6.04 Å². The average molecular weight is 397 g/mol. The van der Waals surface area contributed by atoms with Gasteiger partial charge in [-0.15, -0.1) is 0 Å². The van der Waals surface area contributed by atoms with Crippen LogP contribution in [0.3, 0.4) is 0 Å². The van der Waals surface area contributed by atoms with Crippen molar-refractivity contribution in [2.45, 2.75) is 36.6 Å². The van der Waals surface area contributed by atoms with Gasteiger partial charge in [0, 0.05) is 13.0 Å². The Morgan fingerprint density at radius 2 is 1.93 bits per heavy atom. The highest BCUT2D eigenvalue weighted by Crippen LogP contribution is 2.11. The van der Waals surface area contributed by atoms with Crippen molar-refractivity contribution in [1.29, 1.82) is 0 Å². The fourth-order valence-electron chi connectivity index (χ4n) is 2.65. The molecular weight excluding hydrogens is 374 g/mol. The number of carbonyl (C=O) groups excluding carboxylic acids is 3. The highest BCUT2D eigenvalue weighted by atomic mass is 32.2. The molecule has 1 atom stereocenters. The first-order valence-corrected chi connectivity index (χ1v) is 10.1. The Hall–Kier alpha value is -2.46. The quantitative estimate of drug-likeness (QED) is 0.580. The van der Waals surface area contributed by atoms with Gasteiger partial charge in [-0.2, -0.15) is 0 Å². The molecular formula is C17H23N3O6S. The minimum Gasteiger partial charge on any atom is -0.452 e. The van der Waals surface area contributed by atoms with Gasteiger partial charge in [-0.25, -0.2) is 17.9 Å². The number of amides is 2. The van der Waals surface area contributed by atoms with Crippen LogP contribution in [-0.2, 0) is 30.8 Å². The smallest absolute Gasteiger partial charge is 0.420 e. The Morgan fingerprint density at radius 1 is 1.22 bits per heavy atom. The fraction of sp³-hybridized carbons (Fsp3) is 0.471. The maximum atomic E-state index is 12.1. The summed E-state index contributed by atoms with van der Waals surface area (Å²) in [6.45, 7) is 0.955. The molecule has 0 bridgehead atoms. The molecule has 0 aromatic heterocycles. The Balaban J connectivity index is 1.87. The second-order valence-corrected chi connectivity index (χ2v) is 7.78. The van der Waals surface area contributed by atoms with Crippen molar-refractivity contribution in [2.75, 3.05) is 20.2 Å². The van der Waals surface area contributed by atoms with Gasteiger partial charge in [-0.1, -0.05) is 12.1 Å². The first-order valence-electron chi connectivity index (χ1n) is 8.57. The van der Waals surface area contributed by atoms with E-state index in [0.717, 1.165) is 25.5 Å². The Kier molecular flexibility index (Phi) is 7.31. The lowest BCUT2D eigenvalue weighted by molar-refractivity contribution is -0.130. The summed E-state index contributed by atoms with van der Waals surface area (Å²) >= 11 is 0. The predicted molar refractivity (Wildman–Crippen MR) is 96.5 cm³/mol. The Labute approximate surface area is 157 Å². The molecule has 1 fully saturated rings. The van der Waals surface area contributed by atoms with Crippen LogP contribution in [0.15, 0.2) is 29.2 Å². The summed E-state index contributed by atoms with van der Waals surface area (Å²) in [7, 11) is -2.92. The number of Topliss-reactive ketones (excluding diaryl/α,β-unsaturated/α-hetero) is 1. The largest absolute Gasteiger partial charge is 0.452 e. The molecule has 2 amide bonds. The van der Waals surface area contributed by atoms with Crippen LogP contribution < -0.4 is 15.4 Å². The second-order valence-electron chi connectivity index (χ2n) is 6.09. The number of carbonyl (C=O) groups is 3. The van der Waals surface area contributed by atoms with E-state index in [4.69, 9.17) is 0 Å². The number of methoxy groups -OCH3 is 1.